The van der Waals surface area contributed by atoms with Crippen molar-refractivity contribution < 1.29 is 0 Å². The monoisotopic (exact) mass is 775 g/mol. The molecule has 1 heterocycles. The molecule has 2 aliphatic rings. The molecular weight excluding hydrogens is 739 g/mol. The van der Waals surface area contributed by atoms with Gasteiger partial charge >= 0.3 is 0 Å². The highest BCUT2D eigenvalue weighted by Crippen LogP contribution is 2.63. The van der Waals surface area contributed by atoms with Crippen molar-refractivity contribution >= 4 is 0 Å². The van der Waals surface area contributed by atoms with Crippen molar-refractivity contribution in [3.8, 4) is 89.8 Å². The Morgan fingerprint density at radius 1 is 0.230 bits per heavy atom. The quantitative estimate of drug-likeness (QED) is 0.169. The lowest BCUT2D eigenvalue weighted by Gasteiger charge is -2.30. The van der Waals surface area contributed by atoms with Gasteiger partial charge in [0.15, 0.2) is 17.5 Å². The van der Waals surface area contributed by atoms with Gasteiger partial charge in [-0.15, -0.1) is 0 Å². The maximum absolute atomic E-state index is 5.24. The van der Waals surface area contributed by atoms with E-state index in [0.29, 0.717) is 17.5 Å². The summed E-state index contributed by atoms with van der Waals surface area (Å²) in [6.45, 7) is 0. The van der Waals surface area contributed by atoms with Crippen LogP contribution in [0.3, 0.4) is 0 Å². The van der Waals surface area contributed by atoms with E-state index >= 15 is 0 Å². The van der Waals surface area contributed by atoms with Crippen molar-refractivity contribution in [2.24, 2.45) is 0 Å². The first-order valence-corrected chi connectivity index (χ1v) is 20.9. The SMILES string of the molecule is c1ccc(-c2cccc(-c3nc(-c4cccc(-c5ccccc5)c4)nc(-c4cccc(-c5cccc6c5-c5ccccc5C65c6ccccc6-c6ccccc65)c4)n3)c2)cc1. The summed E-state index contributed by atoms with van der Waals surface area (Å²) in [6.07, 6.45) is 0. The van der Waals surface area contributed by atoms with Crippen LogP contribution in [0.2, 0.25) is 0 Å². The first-order chi connectivity index (χ1) is 30.2. The predicted octanol–water partition coefficient (Wildman–Crippen LogP) is 14.2. The van der Waals surface area contributed by atoms with Gasteiger partial charge in [0.05, 0.1) is 5.41 Å². The van der Waals surface area contributed by atoms with Crippen LogP contribution in [0, 0.1) is 0 Å². The molecule has 1 aromatic heterocycles. The standard InChI is InChI=1S/C58H37N3/c1-3-17-38(18-4-1)40-21-13-24-43(35-40)55-59-56(44-25-14-22-41(36-44)39-19-5-2-6-20-39)61-57(60-55)45-26-15-23-42(37-45)46-30-16-34-53-54(46)49-29-9-12-33-52(49)58(53)50-31-10-7-27-47(50)48-28-8-11-32-51(48)58/h1-37H. The molecule has 0 aliphatic heterocycles. The highest BCUT2D eigenvalue weighted by Gasteiger charge is 2.51. The van der Waals surface area contributed by atoms with E-state index < -0.39 is 5.41 Å². The van der Waals surface area contributed by atoms with E-state index in [1.165, 1.54) is 50.1 Å². The van der Waals surface area contributed by atoms with Gasteiger partial charge in [-0.25, -0.2) is 15.0 Å². The molecule has 2 aliphatic carbocycles. The average Bonchev–Trinajstić information content (AvgIpc) is 3.82. The fourth-order valence-corrected chi connectivity index (χ4v) is 9.91. The van der Waals surface area contributed by atoms with Crippen molar-refractivity contribution in [1.29, 1.82) is 0 Å². The third kappa shape index (κ3) is 5.55. The third-order valence-electron chi connectivity index (χ3n) is 12.5. The second kappa shape index (κ2) is 14.1. The molecule has 0 radical (unpaired) electrons. The van der Waals surface area contributed by atoms with E-state index in [2.05, 4.69) is 212 Å². The second-order valence-electron chi connectivity index (χ2n) is 15.9. The Hall–Kier alpha value is -8.01. The molecule has 0 fully saturated rings. The van der Waals surface area contributed by atoms with E-state index in [1.807, 2.05) is 12.1 Å². The van der Waals surface area contributed by atoms with E-state index in [4.69, 9.17) is 15.0 Å². The normalized spacial score (nSPS) is 12.7. The maximum Gasteiger partial charge on any atom is 0.164 e. The minimum atomic E-state index is -0.409. The summed E-state index contributed by atoms with van der Waals surface area (Å²) in [7, 11) is 0. The highest BCUT2D eigenvalue weighted by atomic mass is 15.0. The Labute approximate surface area is 355 Å². The van der Waals surface area contributed by atoms with Crippen LogP contribution >= 0.6 is 0 Å². The Bertz CT molecular complexity index is 3170. The van der Waals surface area contributed by atoms with Crippen LogP contribution in [0.15, 0.2) is 224 Å². The van der Waals surface area contributed by atoms with Crippen LogP contribution in [0.1, 0.15) is 22.3 Å². The molecule has 3 heteroatoms. The molecule has 61 heavy (non-hydrogen) atoms. The molecule has 0 atom stereocenters. The molecule has 1 spiro atoms. The van der Waals surface area contributed by atoms with Crippen molar-refractivity contribution in [3.63, 3.8) is 0 Å². The zero-order valence-electron chi connectivity index (χ0n) is 33.2. The van der Waals surface area contributed by atoms with Crippen LogP contribution in [0.25, 0.3) is 89.8 Å². The van der Waals surface area contributed by atoms with Gasteiger partial charge in [0, 0.05) is 16.7 Å². The lowest BCUT2D eigenvalue weighted by molar-refractivity contribution is 0.794. The van der Waals surface area contributed by atoms with Gasteiger partial charge in [0.2, 0.25) is 0 Å². The molecule has 10 aromatic rings. The molecule has 0 N–H and O–H groups in total. The molecule has 0 saturated carbocycles. The molecular formula is C58H37N3. The van der Waals surface area contributed by atoms with E-state index in [1.54, 1.807) is 0 Å². The van der Waals surface area contributed by atoms with Gasteiger partial charge in [-0.1, -0.05) is 206 Å². The number of benzene rings is 9. The van der Waals surface area contributed by atoms with Crippen LogP contribution in [-0.2, 0) is 5.41 Å². The van der Waals surface area contributed by atoms with Gasteiger partial charge in [-0.2, -0.15) is 0 Å². The first kappa shape index (κ1) is 35.0. The molecule has 0 amide bonds. The van der Waals surface area contributed by atoms with Crippen LogP contribution < -0.4 is 0 Å². The fourth-order valence-electron chi connectivity index (χ4n) is 9.91. The summed E-state index contributed by atoms with van der Waals surface area (Å²) < 4.78 is 0. The van der Waals surface area contributed by atoms with Gasteiger partial charge in [-0.05, 0) is 96.1 Å². The molecule has 0 bridgehead atoms. The number of aromatic nitrogens is 3. The number of nitrogens with zero attached hydrogens (tertiary/aromatic N) is 3. The fraction of sp³-hybridized carbons (Fsp3) is 0.0172. The summed E-state index contributed by atoms with van der Waals surface area (Å²) >= 11 is 0. The Morgan fingerprint density at radius 2 is 0.557 bits per heavy atom. The van der Waals surface area contributed by atoms with Crippen molar-refractivity contribution in [3.05, 3.63) is 247 Å². The van der Waals surface area contributed by atoms with Crippen molar-refractivity contribution in [2.45, 2.75) is 5.41 Å². The largest absolute Gasteiger partial charge is 0.208 e. The lowest BCUT2D eigenvalue weighted by atomic mass is 9.70. The summed E-state index contributed by atoms with van der Waals surface area (Å²) in [5, 5.41) is 0. The van der Waals surface area contributed by atoms with Crippen LogP contribution in [0.4, 0.5) is 0 Å². The number of hydrogen-bond acceptors (Lipinski definition) is 3. The summed E-state index contributed by atoms with van der Waals surface area (Å²) in [5.41, 5.74) is 19.7. The zero-order valence-corrected chi connectivity index (χ0v) is 33.2. The maximum atomic E-state index is 5.24. The van der Waals surface area contributed by atoms with Gasteiger partial charge in [-0.3, -0.25) is 0 Å². The van der Waals surface area contributed by atoms with Gasteiger partial charge in [0.1, 0.15) is 0 Å². The minimum absolute atomic E-state index is 0.409. The van der Waals surface area contributed by atoms with Crippen LogP contribution in [0.5, 0.6) is 0 Å². The average molecular weight is 776 g/mol. The first-order valence-electron chi connectivity index (χ1n) is 20.9. The molecule has 0 unspecified atom stereocenters. The lowest BCUT2D eigenvalue weighted by Crippen LogP contribution is -2.25. The molecule has 3 nitrogen and oxygen atoms in total. The number of rotatable bonds is 6. The highest BCUT2D eigenvalue weighted by molar-refractivity contribution is 6.00. The minimum Gasteiger partial charge on any atom is -0.208 e. The van der Waals surface area contributed by atoms with Crippen molar-refractivity contribution in [2.75, 3.05) is 0 Å². The third-order valence-corrected chi connectivity index (χ3v) is 12.5. The van der Waals surface area contributed by atoms with Gasteiger partial charge in [0.25, 0.3) is 0 Å². The van der Waals surface area contributed by atoms with E-state index in [-0.39, 0.29) is 0 Å². The molecule has 284 valence electrons. The topological polar surface area (TPSA) is 38.7 Å². The van der Waals surface area contributed by atoms with E-state index in [0.717, 1.165) is 44.5 Å². The smallest absolute Gasteiger partial charge is 0.164 e. The second-order valence-corrected chi connectivity index (χ2v) is 15.9. The summed E-state index contributed by atoms with van der Waals surface area (Å²) in [5.74, 6) is 1.88. The van der Waals surface area contributed by atoms with Crippen molar-refractivity contribution in [1.82, 2.24) is 15.0 Å². The molecule has 0 saturated heterocycles. The van der Waals surface area contributed by atoms with E-state index in [9.17, 15) is 0 Å². The summed E-state index contributed by atoms with van der Waals surface area (Å²) in [6, 6.07) is 80.4. The Kier molecular flexibility index (Phi) is 8.07. The van der Waals surface area contributed by atoms with Gasteiger partial charge < -0.3 is 0 Å². The molecule has 12 rings (SSSR count). The Morgan fingerprint density at radius 3 is 1.07 bits per heavy atom. The van der Waals surface area contributed by atoms with Crippen LogP contribution in [-0.4, -0.2) is 15.0 Å². The molecule has 9 aromatic carbocycles. The Balaban J connectivity index is 1.03. The number of hydrogen-bond donors (Lipinski definition) is 0. The zero-order chi connectivity index (χ0) is 40.3. The number of fused-ring (bicyclic) bond motifs is 10. The predicted molar refractivity (Wildman–Crippen MR) is 249 cm³/mol. The summed E-state index contributed by atoms with van der Waals surface area (Å²) in [4.78, 5) is 15.7.